The van der Waals surface area contributed by atoms with Crippen LogP contribution in [0.4, 0.5) is 0 Å². The van der Waals surface area contributed by atoms with Crippen molar-refractivity contribution in [2.75, 3.05) is 0 Å². The Morgan fingerprint density at radius 2 is 1.84 bits per heavy atom. The summed E-state index contributed by atoms with van der Waals surface area (Å²) in [5, 5.41) is 0. The van der Waals surface area contributed by atoms with Crippen molar-refractivity contribution >= 4 is 11.3 Å². The lowest BCUT2D eigenvalue weighted by molar-refractivity contribution is -0.686. The highest BCUT2D eigenvalue weighted by Gasteiger charge is 2.09. The van der Waals surface area contributed by atoms with Gasteiger partial charge in [0.2, 0.25) is 12.1 Å². The van der Waals surface area contributed by atoms with Gasteiger partial charge in [0.05, 0.1) is 12.4 Å². The highest BCUT2D eigenvalue weighted by molar-refractivity contribution is 5.94. The minimum Gasteiger partial charge on any atom is -1.00 e. The normalized spacial score (nSPS) is 10.1. The minimum atomic E-state index is 0. The molecule has 0 aliphatic rings. The van der Waals surface area contributed by atoms with E-state index in [1.165, 1.54) is 0 Å². The number of hydrogen-bond acceptors (Lipinski definition) is 1. The summed E-state index contributed by atoms with van der Waals surface area (Å²) in [5.74, 6) is 0.118. The molecule has 2 aromatic heterocycles. The smallest absolute Gasteiger partial charge is 0.249 e. The van der Waals surface area contributed by atoms with E-state index in [1.54, 1.807) is 0 Å². The van der Waals surface area contributed by atoms with Crippen LogP contribution in [0.5, 0.6) is 0 Å². The summed E-state index contributed by atoms with van der Waals surface area (Å²) < 4.78 is 3.89. The Kier molecular flexibility index (Phi) is 4.12. The Labute approximate surface area is 121 Å². The van der Waals surface area contributed by atoms with Gasteiger partial charge in [-0.2, -0.15) is 0 Å². The Morgan fingerprint density at radius 1 is 1.05 bits per heavy atom. The van der Waals surface area contributed by atoms with Crippen molar-refractivity contribution in [3.05, 3.63) is 72.8 Å². The molecule has 0 fully saturated rings. The first kappa shape index (κ1) is 13.5. The van der Waals surface area contributed by atoms with E-state index >= 15 is 0 Å². The standard InChI is InChI=1S/C15H13N2O.BrH/c18-15(13-5-2-1-3-6-13)11-16-10-8-14-7-4-9-17(14)12-16;/h1-10,12H,11H2;1H/q+1;/p-1. The fraction of sp³-hybridized carbons (Fsp3) is 0.0667. The van der Waals surface area contributed by atoms with Crippen LogP contribution in [0.2, 0.25) is 0 Å². The van der Waals surface area contributed by atoms with E-state index in [0.717, 1.165) is 11.1 Å². The third-order valence-electron chi connectivity index (χ3n) is 2.94. The van der Waals surface area contributed by atoms with Gasteiger partial charge in [0.15, 0.2) is 6.54 Å². The van der Waals surface area contributed by atoms with E-state index in [1.807, 2.05) is 76.2 Å². The molecule has 1 aromatic carbocycles. The number of aromatic nitrogens is 2. The molecule has 0 N–H and O–H groups in total. The lowest BCUT2D eigenvalue weighted by Gasteiger charge is -2.00. The van der Waals surface area contributed by atoms with Crippen molar-refractivity contribution in [3.8, 4) is 0 Å². The van der Waals surface area contributed by atoms with Crippen LogP contribution in [0.25, 0.3) is 5.52 Å². The predicted molar refractivity (Wildman–Crippen MR) is 68.4 cm³/mol. The number of Topliss-reactive ketones (excluding diaryl/α,β-unsaturated/α-hetero) is 1. The monoisotopic (exact) mass is 316 g/mol. The van der Waals surface area contributed by atoms with Crippen molar-refractivity contribution in [2.45, 2.75) is 6.54 Å². The Bertz CT molecular complexity index is 691. The zero-order chi connectivity index (χ0) is 12.4. The van der Waals surface area contributed by atoms with Gasteiger partial charge in [0.25, 0.3) is 0 Å². The SMILES string of the molecule is O=C(C[n+]1ccc2cccn2c1)c1ccccc1.[Br-]. The second kappa shape index (κ2) is 5.80. The van der Waals surface area contributed by atoms with Crippen LogP contribution in [0.15, 0.2) is 67.3 Å². The number of hydrogen-bond donors (Lipinski definition) is 0. The molecule has 0 spiro atoms. The highest BCUT2D eigenvalue weighted by atomic mass is 79.9. The number of carbonyl (C=O) groups is 1. The van der Waals surface area contributed by atoms with Crippen molar-refractivity contribution < 1.29 is 26.3 Å². The van der Waals surface area contributed by atoms with Gasteiger partial charge in [0, 0.05) is 11.6 Å². The average molecular weight is 317 g/mol. The lowest BCUT2D eigenvalue weighted by Crippen LogP contribution is -3.00. The molecule has 0 aliphatic heterocycles. The molecule has 3 rings (SSSR count). The van der Waals surface area contributed by atoms with Crippen LogP contribution in [0.1, 0.15) is 10.4 Å². The molecule has 3 aromatic rings. The number of halogens is 1. The predicted octanol–water partition coefficient (Wildman–Crippen LogP) is -0.886. The summed E-state index contributed by atoms with van der Waals surface area (Å²) in [4.78, 5) is 12.1. The quantitative estimate of drug-likeness (QED) is 0.455. The van der Waals surface area contributed by atoms with Crippen molar-refractivity contribution in [1.82, 2.24) is 4.40 Å². The van der Waals surface area contributed by atoms with Crippen LogP contribution in [0, 0.1) is 0 Å². The maximum absolute atomic E-state index is 12.1. The number of benzene rings is 1. The zero-order valence-corrected chi connectivity index (χ0v) is 11.8. The summed E-state index contributed by atoms with van der Waals surface area (Å²) in [6, 6.07) is 15.4. The van der Waals surface area contributed by atoms with Gasteiger partial charge in [-0.15, -0.1) is 0 Å². The van der Waals surface area contributed by atoms with Gasteiger partial charge in [0.1, 0.15) is 5.52 Å². The fourth-order valence-corrected chi connectivity index (χ4v) is 2.00. The third-order valence-corrected chi connectivity index (χ3v) is 2.94. The molecule has 96 valence electrons. The molecule has 0 aliphatic carbocycles. The van der Waals surface area contributed by atoms with Crippen LogP contribution in [-0.2, 0) is 6.54 Å². The Morgan fingerprint density at radius 3 is 2.63 bits per heavy atom. The number of rotatable bonds is 3. The molecule has 0 radical (unpaired) electrons. The van der Waals surface area contributed by atoms with E-state index in [4.69, 9.17) is 0 Å². The van der Waals surface area contributed by atoms with Crippen LogP contribution < -0.4 is 21.5 Å². The van der Waals surface area contributed by atoms with Gasteiger partial charge in [-0.3, -0.25) is 4.79 Å². The second-order valence-electron chi connectivity index (χ2n) is 4.23. The molecule has 0 unspecified atom stereocenters. The summed E-state index contributed by atoms with van der Waals surface area (Å²) in [7, 11) is 0. The van der Waals surface area contributed by atoms with Gasteiger partial charge >= 0.3 is 0 Å². The van der Waals surface area contributed by atoms with Gasteiger partial charge in [-0.1, -0.05) is 30.3 Å². The topological polar surface area (TPSA) is 25.4 Å². The van der Waals surface area contributed by atoms with Crippen LogP contribution in [0.3, 0.4) is 0 Å². The number of fused-ring (bicyclic) bond motifs is 1. The maximum atomic E-state index is 12.1. The average Bonchev–Trinajstić information content (AvgIpc) is 2.87. The van der Waals surface area contributed by atoms with Gasteiger partial charge < -0.3 is 17.0 Å². The summed E-state index contributed by atoms with van der Waals surface area (Å²) in [6.45, 7) is 0.359. The van der Waals surface area contributed by atoms with E-state index in [9.17, 15) is 4.79 Å². The minimum absolute atomic E-state index is 0. The highest BCUT2D eigenvalue weighted by Crippen LogP contribution is 2.02. The first-order valence-corrected chi connectivity index (χ1v) is 5.87. The Balaban J connectivity index is 0.00000133. The molecule has 0 saturated heterocycles. The molecule has 0 bridgehead atoms. The van der Waals surface area contributed by atoms with Crippen LogP contribution >= 0.6 is 0 Å². The molecule has 2 heterocycles. The molecule has 0 saturated carbocycles. The van der Waals surface area contributed by atoms with E-state index in [-0.39, 0.29) is 22.8 Å². The number of nitrogens with zero attached hydrogens (tertiary/aromatic N) is 2. The van der Waals surface area contributed by atoms with E-state index < -0.39 is 0 Å². The Hall–Kier alpha value is -1.94. The van der Waals surface area contributed by atoms with E-state index in [0.29, 0.717) is 6.54 Å². The molecular weight excluding hydrogens is 304 g/mol. The molecule has 0 atom stereocenters. The summed E-state index contributed by atoms with van der Waals surface area (Å²) >= 11 is 0. The lowest BCUT2D eigenvalue weighted by atomic mass is 10.1. The van der Waals surface area contributed by atoms with E-state index in [2.05, 4.69) is 0 Å². The summed E-state index contributed by atoms with van der Waals surface area (Å²) in [6.07, 6.45) is 5.82. The summed E-state index contributed by atoms with van der Waals surface area (Å²) in [5.41, 5.74) is 1.87. The van der Waals surface area contributed by atoms with Crippen molar-refractivity contribution in [2.24, 2.45) is 0 Å². The third kappa shape index (κ3) is 2.90. The van der Waals surface area contributed by atoms with Crippen molar-refractivity contribution in [3.63, 3.8) is 0 Å². The first-order valence-electron chi connectivity index (χ1n) is 5.87. The second-order valence-corrected chi connectivity index (χ2v) is 4.23. The molecule has 3 nitrogen and oxygen atoms in total. The zero-order valence-electron chi connectivity index (χ0n) is 10.2. The molecule has 4 heteroatoms. The van der Waals surface area contributed by atoms with Gasteiger partial charge in [-0.25, -0.2) is 8.97 Å². The van der Waals surface area contributed by atoms with Crippen molar-refractivity contribution in [1.29, 1.82) is 0 Å². The van der Waals surface area contributed by atoms with Crippen LogP contribution in [-0.4, -0.2) is 10.2 Å². The van der Waals surface area contributed by atoms with Gasteiger partial charge in [-0.05, 0) is 12.1 Å². The largest absolute Gasteiger partial charge is 1.00 e. The maximum Gasteiger partial charge on any atom is 0.249 e. The molecular formula is C15H13BrN2O. The molecule has 0 amide bonds. The fourth-order valence-electron chi connectivity index (χ4n) is 2.00. The number of carbonyl (C=O) groups excluding carboxylic acids is 1. The molecule has 19 heavy (non-hydrogen) atoms. The number of ketones is 1. The first-order chi connectivity index (χ1) is 8.83.